The highest BCUT2D eigenvalue weighted by Gasteiger charge is 2.39. The number of nitrogens with zero attached hydrogens (tertiary/aromatic N) is 1. The number of halogens is 6. The summed E-state index contributed by atoms with van der Waals surface area (Å²) in [6.07, 6.45) is -9.43. The Hall–Kier alpha value is -1.44. The van der Waals surface area contributed by atoms with Crippen molar-refractivity contribution in [2.45, 2.75) is 19.0 Å². The van der Waals surface area contributed by atoms with Gasteiger partial charge in [-0.2, -0.15) is 13.2 Å². The van der Waals surface area contributed by atoms with E-state index in [1.165, 1.54) is 0 Å². The zero-order chi connectivity index (χ0) is 14.1. The van der Waals surface area contributed by atoms with Gasteiger partial charge in [0.2, 0.25) is 0 Å². The lowest BCUT2D eigenvalue weighted by atomic mass is 10.1. The minimum Gasteiger partial charge on any atom is -0.481 e. The number of alkyl halides is 5. The number of pyridine rings is 1. The number of hydrogen-bond acceptors (Lipinski definition) is 2. The number of aromatic nitrogens is 1. The molecule has 0 saturated carbocycles. The molecule has 1 aromatic rings. The van der Waals surface area contributed by atoms with E-state index >= 15 is 0 Å². The van der Waals surface area contributed by atoms with E-state index in [2.05, 4.69) is 4.98 Å². The molecule has 0 aliphatic carbocycles. The van der Waals surface area contributed by atoms with Crippen LogP contribution in [-0.2, 0) is 17.4 Å². The Labute approximate surface area is 102 Å². The Balaban J connectivity index is 3.42. The topological polar surface area (TPSA) is 50.2 Å². The summed E-state index contributed by atoms with van der Waals surface area (Å²) in [5.74, 6) is -1.45. The molecule has 100 valence electrons. The van der Waals surface area contributed by atoms with Gasteiger partial charge in [0.05, 0.1) is 22.7 Å². The third-order valence-electron chi connectivity index (χ3n) is 1.88. The van der Waals surface area contributed by atoms with Crippen molar-refractivity contribution in [1.82, 2.24) is 4.98 Å². The molecule has 0 spiro atoms. The van der Waals surface area contributed by atoms with E-state index in [9.17, 15) is 26.7 Å². The second-order valence-electron chi connectivity index (χ2n) is 3.23. The molecule has 3 nitrogen and oxygen atoms in total. The number of carbonyl (C=O) groups is 1. The van der Waals surface area contributed by atoms with Gasteiger partial charge in [-0.05, 0) is 6.07 Å². The predicted molar refractivity (Wildman–Crippen MR) is 50.5 cm³/mol. The van der Waals surface area contributed by atoms with E-state index in [-0.39, 0.29) is 0 Å². The molecule has 0 unspecified atom stereocenters. The van der Waals surface area contributed by atoms with Crippen LogP contribution in [0.25, 0.3) is 0 Å². The van der Waals surface area contributed by atoms with E-state index in [4.69, 9.17) is 16.7 Å². The van der Waals surface area contributed by atoms with Gasteiger partial charge < -0.3 is 5.11 Å². The maximum absolute atomic E-state index is 12.5. The van der Waals surface area contributed by atoms with Crippen molar-refractivity contribution < 1.29 is 31.9 Å². The molecule has 9 heteroatoms. The van der Waals surface area contributed by atoms with E-state index in [1.807, 2.05) is 0 Å². The molecule has 1 N–H and O–H groups in total. The van der Waals surface area contributed by atoms with Crippen molar-refractivity contribution in [3.63, 3.8) is 0 Å². The lowest BCUT2D eigenvalue weighted by Crippen LogP contribution is -2.15. The van der Waals surface area contributed by atoms with Crippen molar-refractivity contribution in [2.75, 3.05) is 0 Å². The van der Waals surface area contributed by atoms with E-state index in [0.29, 0.717) is 6.07 Å². The molecular formula is C9H5ClF5NO2. The molecule has 1 aromatic heterocycles. The zero-order valence-corrected chi connectivity index (χ0v) is 9.19. The summed E-state index contributed by atoms with van der Waals surface area (Å²) in [5.41, 5.74) is -3.84. The maximum atomic E-state index is 12.5. The minimum atomic E-state index is -5.14. The summed E-state index contributed by atoms with van der Waals surface area (Å²) in [6, 6.07) is 0.687. The fourth-order valence-corrected chi connectivity index (χ4v) is 1.54. The van der Waals surface area contributed by atoms with Gasteiger partial charge in [0, 0.05) is 0 Å². The van der Waals surface area contributed by atoms with E-state index in [1.54, 1.807) is 0 Å². The van der Waals surface area contributed by atoms with Crippen LogP contribution in [0.1, 0.15) is 23.4 Å². The van der Waals surface area contributed by atoms with Crippen molar-refractivity contribution in [3.05, 3.63) is 28.0 Å². The van der Waals surface area contributed by atoms with Crippen LogP contribution < -0.4 is 0 Å². The van der Waals surface area contributed by atoms with Crippen LogP contribution in [0.2, 0.25) is 5.02 Å². The van der Waals surface area contributed by atoms with Crippen molar-refractivity contribution in [2.24, 2.45) is 0 Å². The molecule has 0 aliphatic rings. The largest absolute Gasteiger partial charge is 0.481 e. The summed E-state index contributed by atoms with van der Waals surface area (Å²) in [6.45, 7) is 0. The fourth-order valence-electron chi connectivity index (χ4n) is 1.24. The second kappa shape index (κ2) is 5.05. The lowest BCUT2D eigenvalue weighted by Gasteiger charge is -2.14. The Morgan fingerprint density at radius 3 is 2.39 bits per heavy atom. The smallest absolute Gasteiger partial charge is 0.433 e. The zero-order valence-electron chi connectivity index (χ0n) is 8.43. The summed E-state index contributed by atoms with van der Waals surface area (Å²) < 4.78 is 62.5. The van der Waals surface area contributed by atoms with E-state index in [0.717, 1.165) is 0 Å². The number of hydrogen-bond donors (Lipinski definition) is 1. The number of carboxylic acid groups (broad SMARTS) is 1. The predicted octanol–water partition coefficient (Wildman–Crippen LogP) is 3.32. The first-order valence-electron chi connectivity index (χ1n) is 4.39. The van der Waals surface area contributed by atoms with Crippen LogP contribution in [0, 0.1) is 0 Å². The summed E-state index contributed by atoms with van der Waals surface area (Å²) in [5, 5.41) is 7.56. The summed E-state index contributed by atoms with van der Waals surface area (Å²) >= 11 is 5.31. The third kappa shape index (κ3) is 3.28. The Bertz CT molecular complexity index is 475. The SMILES string of the molecule is O=C(O)Cc1cc(Cl)c(C(F)F)c(C(F)(F)F)n1. The van der Waals surface area contributed by atoms with Gasteiger partial charge in [-0.15, -0.1) is 0 Å². The fraction of sp³-hybridized carbons (Fsp3) is 0.333. The highest BCUT2D eigenvalue weighted by atomic mass is 35.5. The second-order valence-corrected chi connectivity index (χ2v) is 3.63. The average Bonchev–Trinajstić information content (AvgIpc) is 2.12. The molecule has 0 saturated heterocycles. The van der Waals surface area contributed by atoms with Gasteiger partial charge >= 0.3 is 12.1 Å². The van der Waals surface area contributed by atoms with Crippen molar-refractivity contribution in [3.8, 4) is 0 Å². The third-order valence-corrected chi connectivity index (χ3v) is 2.19. The molecule has 0 fully saturated rings. The van der Waals surface area contributed by atoms with E-state index < -0.39 is 47.0 Å². The van der Waals surface area contributed by atoms with Gasteiger partial charge in [-0.1, -0.05) is 11.6 Å². The molecule has 18 heavy (non-hydrogen) atoms. The van der Waals surface area contributed by atoms with Gasteiger partial charge in [0.15, 0.2) is 5.69 Å². The lowest BCUT2D eigenvalue weighted by molar-refractivity contribution is -0.144. The van der Waals surface area contributed by atoms with Crippen LogP contribution in [-0.4, -0.2) is 16.1 Å². The highest BCUT2D eigenvalue weighted by molar-refractivity contribution is 6.31. The van der Waals surface area contributed by atoms with Crippen molar-refractivity contribution in [1.29, 1.82) is 0 Å². The normalized spacial score (nSPS) is 11.9. The molecule has 0 bridgehead atoms. The Morgan fingerprint density at radius 2 is 2.00 bits per heavy atom. The molecule has 1 heterocycles. The van der Waals surface area contributed by atoms with Gasteiger partial charge in [-0.3, -0.25) is 4.79 Å². The first kappa shape index (κ1) is 14.6. The Morgan fingerprint density at radius 1 is 1.44 bits per heavy atom. The molecule has 0 aromatic carbocycles. The maximum Gasteiger partial charge on any atom is 0.433 e. The van der Waals surface area contributed by atoms with Crippen LogP contribution in [0.4, 0.5) is 22.0 Å². The summed E-state index contributed by atoms with van der Waals surface area (Å²) in [4.78, 5) is 13.2. The summed E-state index contributed by atoms with van der Waals surface area (Å²) in [7, 11) is 0. The van der Waals surface area contributed by atoms with Gasteiger partial charge in [-0.25, -0.2) is 13.8 Å². The number of rotatable bonds is 3. The number of carboxylic acids is 1. The standard InChI is InChI=1S/C9H5ClF5NO2/c10-4-1-3(2-5(17)18)16-7(9(13,14)15)6(4)8(11)12/h1,8H,2H2,(H,17,18). The molecule has 0 aliphatic heterocycles. The van der Waals surface area contributed by atoms with Gasteiger partial charge in [0.1, 0.15) is 0 Å². The first-order valence-corrected chi connectivity index (χ1v) is 4.77. The molecule has 0 atom stereocenters. The minimum absolute atomic E-state index is 0.538. The van der Waals surface area contributed by atoms with Crippen LogP contribution in [0.3, 0.4) is 0 Å². The monoisotopic (exact) mass is 289 g/mol. The number of aliphatic carboxylic acids is 1. The average molecular weight is 290 g/mol. The van der Waals surface area contributed by atoms with Crippen LogP contribution in [0.5, 0.6) is 0 Å². The molecular weight excluding hydrogens is 285 g/mol. The molecule has 0 radical (unpaired) electrons. The molecule has 0 amide bonds. The van der Waals surface area contributed by atoms with Crippen LogP contribution >= 0.6 is 11.6 Å². The van der Waals surface area contributed by atoms with Crippen molar-refractivity contribution >= 4 is 17.6 Å². The Kier molecular flexibility index (Phi) is 4.10. The quantitative estimate of drug-likeness (QED) is 0.869. The van der Waals surface area contributed by atoms with Gasteiger partial charge in [0.25, 0.3) is 6.43 Å². The molecule has 1 rings (SSSR count). The first-order chi connectivity index (χ1) is 8.12. The van der Waals surface area contributed by atoms with Crippen LogP contribution in [0.15, 0.2) is 6.07 Å². The highest BCUT2D eigenvalue weighted by Crippen LogP contribution is 2.38.